The van der Waals surface area contributed by atoms with Crippen molar-refractivity contribution in [1.82, 2.24) is 10.3 Å². The van der Waals surface area contributed by atoms with Crippen LogP contribution < -0.4 is 11.1 Å². The first-order chi connectivity index (χ1) is 9.66. The Balaban J connectivity index is 1.82. The number of carbonyl (C=O) groups excluding carboxylic acids is 1. The van der Waals surface area contributed by atoms with Gasteiger partial charge in [0.2, 0.25) is 0 Å². The molecule has 1 aliphatic rings. The SMILES string of the molecule is CC(CNC(=O)c1cnc(N)c2ccccc12)C1CC1. The fourth-order valence-electron chi connectivity index (χ4n) is 2.58. The first kappa shape index (κ1) is 12.9. The topological polar surface area (TPSA) is 68.0 Å². The van der Waals surface area contributed by atoms with Crippen molar-refractivity contribution in [3.63, 3.8) is 0 Å². The van der Waals surface area contributed by atoms with Gasteiger partial charge in [-0.25, -0.2) is 4.98 Å². The molecular weight excluding hydrogens is 250 g/mol. The molecule has 0 radical (unpaired) electrons. The number of aromatic nitrogens is 1. The first-order valence-corrected chi connectivity index (χ1v) is 7.08. The zero-order chi connectivity index (χ0) is 14.1. The maximum absolute atomic E-state index is 12.3. The molecule has 1 heterocycles. The van der Waals surface area contributed by atoms with E-state index in [2.05, 4.69) is 17.2 Å². The summed E-state index contributed by atoms with van der Waals surface area (Å²) < 4.78 is 0. The van der Waals surface area contributed by atoms with Crippen molar-refractivity contribution in [2.45, 2.75) is 19.8 Å². The van der Waals surface area contributed by atoms with Gasteiger partial charge in [0.25, 0.3) is 5.91 Å². The van der Waals surface area contributed by atoms with Crippen molar-refractivity contribution in [2.75, 3.05) is 12.3 Å². The Bertz CT molecular complexity index is 649. The Labute approximate surface area is 118 Å². The van der Waals surface area contributed by atoms with Gasteiger partial charge in [0, 0.05) is 18.1 Å². The molecule has 0 saturated heterocycles. The number of nitrogen functional groups attached to an aromatic ring is 1. The second-order valence-corrected chi connectivity index (χ2v) is 5.63. The number of rotatable bonds is 4. The summed E-state index contributed by atoms with van der Waals surface area (Å²) in [6.45, 7) is 2.92. The number of benzene rings is 1. The van der Waals surface area contributed by atoms with Crippen LogP contribution in [0.4, 0.5) is 5.82 Å². The molecule has 1 aromatic carbocycles. The molecule has 20 heavy (non-hydrogen) atoms. The Kier molecular flexibility index (Phi) is 3.30. The Morgan fingerprint density at radius 1 is 1.40 bits per heavy atom. The van der Waals surface area contributed by atoms with Gasteiger partial charge in [-0.15, -0.1) is 0 Å². The summed E-state index contributed by atoms with van der Waals surface area (Å²) in [5.41, 5.74) is 6.45. The molecule has 3 N–H and O–H groups in total. The van der Waals surface area contributed by atoms with Crippen molar-refractivity contribution in [3.05, 3.63) is 36.0 Å². The lowest BCUT2D eigenvalue weighted by Gasteiger charge is -2.12. The minimum Gasteiger partial charge on any atom is -0.383 e. The van der Waals surface area contributed by atoms with E-state index in [1.165, 1.54) is 12.8 Å². The smallest absolute Gasteiger partial charge is 0.253 e. The highest BCUT2D eigenvalue weighted by Gasteiger charge is 2.28. The predicted molar refractivity (Wildman–Crippen MR) is 80.4 cm³/mol. The van der Waals surface area contributed by atoms with Gasteiger partial charge in [0.05, 0.1) is 5.56 Å². The zero-order valence-corrected chi connectivity index (χ0v) is 11.6. The minimum absolute atomic E-state index is 0.0683. The number of nitrogens with one attached hydrogen (secondary N) is 1. The first-order valence-electron chi connectivity index (χ1n) is 7.08. The van der Waals surface area contributed by atoms with Gasteiger partial charge in [-0.1, -0.05) is 31.2 Å². The van der Waals surface area contributed by atoms with Crippen LogP contribution in [-0.2, 0) is 0 Å². The molecule has 104 valence electrons. The van der Waals surface area contributed by atoms with E-state index in [4.69, 9.17) is 5.73 Å². The standard InChI is InChI=1S/C16H19N3O/c1-10(11-6-7-11)8-19-16(20)14-9-18-15(17)13-5-3-2-4-12(13)14/h2-5,9-11H,6-8H2,1H3,(H2,17,18)(H,19,20). The van der Waals surface area contributed by atoms with Crippen LogP contribution in [-0.4, -0.2) is 17.4 Å². The van der Waals surface area contributed by atoms with Crippen LogP contribution in [0.15, 0.2) is 30.5 Å². The van der Waals surface area contributed by atoms with E-state index in [1.807, 2.05) is 24.3 Å². The summed E-state index contributed by atoms with van der Waals surface area (Å²) in [5, 5.41) is 4.70. The third-order valence-electron chi connectivity index (χ3n) is 4.08. The number of pyridine rings is 1. The number of hydrogen-bond donors (Lipinski definition) is 2. The fraction of sp³-hybridized carbons (Fsp3) is 0.375. The van der Waals surface area contributed by atoms with Crippen molar-refractivity contribution in [1.29, 1.82) is 0 Å². The number of hydrogen-bond acceptors (Lipinski definition) is 3. The predicted octanol–water partition coefficient (Wildman–Crippen LogP) is 2.59. The monoisotopic (exact) mass is 269 g/mol. The quantitative estimate of drug-likeness (QED) is 0.896. The van der Waals surface area contributed by atoms with E-state index in [0.29, 0.717) is 17.3 Å². The highest BCUT2D eigenvalue weighted by Crippen LogP contribution is 2.36. The van der Waals surface area contributed by atoms with Crippen LogP contribution in [0.5, 0.6) is 0 Å². The number of amides is 1. The second-order valence-electron chi connectivity index (χ2n) is 5.63. The third-order valence-corrected chi connectivity index (χ3v) is 4.08. The van der Waals surface area contributed by atoms with Crippen molar-refractivity contribution in [2.24, 2.45) is 11.8 Å². The molecule has 3 rings (SSSR count). The van der Waals surface area contributed by atoms with Crippen LogP contribution >= 0.6 is 0 Å². The summed E-state index contributed by atoms with van der Waals surface area (Å²) in [7, 11) is 0. The van der Waals surface area contributed by atoms with Crippen LogP contribution in [0.3, 0.4) is 0 Å². The number of nitrogens with two attached hydrogens (primary N) is 1. The molecule has 1 atom stereocenters. The summed E-state index contributed by atoms with van der Waals surface area (Å²) in [6, 6.07) is 7.61. The van der Waals surface area contributed by atoms with Gasteiger partial charge in [-0.3, -0.25) is 4.79 Å². The number of anilines is 1. The molecule has 1 amide bonds. The fourth-order valence-corrected chi connectivity index (χ4v) is 2.58. The van der Waals surface area contributed by atoms with E-state index in [9.17, 15) is 4.79 Å². The third kappa shape index (κ3) is 2.46. The second kappa shape index (κ2) is 5.12. The van der Waals surface area contributed by atoms with E-state index in [1.54, 1.807) is 6.20 Å². The lowest BCUT2D eigenvalue weighted by molar-refractivity contribution is 0.0948. The van der Waals surface area contributed by atoms with E-state index in [-0.39, 0.29) is 5.91 Å². The molecule has 0 aliphatic heterocycles. The zero-order valence-electron chi connectivity index (χ0n) is 11.6. The van der Waals surface area contributed by atoms with Crippen molar-refractivity contribution in [3.8, 4) is 0 Å². The molecule has 0 spiro atoms. The molecule has 0 bridgehead atoms. The summed E-state index contributed by atoms with van der Waals surface area (Å²) in [6.07, 6.45) is 4.15. The molecule has 1 aliphatic carbocycles. The summed E-state index contributed by atoms with van der Waals surface area (Å²) in [5.74, 6) is 1.73. The lowest BCUT2D eigenvalue weighted by atomic mass is 10.0. The van der Waals surface area contributed by atoms with Gasteiger partial charge in [0.1, 0.15) is 5.82 Å². The average Bonchev–Trinajstić information content (AvgIpc) is 3.30. The molecule has 1 unspecified atom stereocenters. The molecule has 1 aromatic heterocycles. The van der Waals surface area contributed by atoms with Gasteiger partial charge in [-0.2, -0.15) is 0 Å². The number of carbonyl (C=O) groups is 1. The molecule has 2 aromatic rings. The van der Waals surface area contributed by atoms with Gasteiger partial charge < -0.3 is 11.1 Å². The van der Waals surface area contributed by atoms with Crippen LogP contribution in [0.1, 0.15) is 30.1 Å². The molecule has 1 saturated carbocycles. The minimum atomic E-state index is -0.0683. The largest absolute Gasteiger partial charge is 0.383 e. The van der Waals surface area contributed by atoms with Gasteiger partial charge in [-0.05, 0) is 30.1 Å². The van der Waals surface area contributed by atoms with Crippen LogP contribution in [0.25, 0.3) is 10.8 Å². The molecule has 4 heteroatoms. The van der Waals surface area contributed by atoms with E-state index >= 15 is 0 Å². The summed E-state index contributed by atoms with van der Waals surface area (Å²) in [4.78, 5) is 16.4. The number of nitrogens with zero attached hydrogens (tertiary/aromatic N) is 1. The van der Waals surface area contributed by atoms with Crippen LogP contribution in [0.2, 0.25) is 0 Å². The van der Waals surface area contributed by atoms with Gasteiger partial charge >= 0.3 is 0 Å². The molecule has 4 nitrogen and oxygen atoms in total. The van der Waals surface area contributed by atoms with E-state index < -0.39 is 0 Å². The summed E-state index contributed by atoms with van der Waals surface area (Å²) >= 11 is 0. The van der Waals surface area contributed by atoms with Gasteiger partial charge in [0.15, 0.2) is 0 Å². The average molecular weight is 269 g/mol. The molecule has 1 fully saturated rings. The lowest BCUT2D eigenvalue weighted by Crippen LogP contribution is -2.29. The van der Waals surface area contributed by atoms with Crippen LogP contribution in [0, 0.1) is 11.8 Å². The maximum Gasteiger partial charge on any atom is 0.253 e. The van der Waals surface area contributed by atoms with E-state index in [0.717, 1.165) is 23.2 Å². The highest BCUT2D eigenvalue weighted by molar-refractivity contribution is 6.08. The normalized spacial score (nSPS) is 16.1. The highest BCUT2D eigenvalue weighted by atomic mass is 16.1. The number of fused-ring (bicyclic) bond motifs is 1. The Hall–Kier alpha value is -2.10. The molecular formula is C16H19N3O. The van der Waals surface area contributed by atoms with Crippen molar-refractivity contribution >= 4 is 22.5 Å². The Morgan fingerprint density at radius 2 is 2.10 bits per heavy atom. The van der Waals surface area contributed by atoms with Crippen molar-refractivity contribution < 1.29 is 4.79 Å². The maximum atomic E-state index is 12.3. The Morgan fingerprint density at radius 3 is 2.80 bits per heavy atom.